The van der Waals surface area contributed by atoms with E-state index in [1.807, 2.05) is 75.4 Å². The lowest BCUT2D eigenvalue weighted by atomic mass is 9.93. The molecule has 1 aliphatic rings. The van der Waals surface area contributed by atoms with Gasteiger partial charge in [-0.2, -0.15) is 0 Å². The van der Waals surface area contributed by atoms with Crippen LogP contribution in [-0.2, 0) is 16.1 Å². The van der Waals surface area contributed by atoms with Gasteiger partial charge in [-0.3, -0.25) is 19.5 Å². The van der Waals surface area contributed by atoms with Crippen LogP contribution >= 0.6 is 0 Å². The SMILES string of the molecule is C=C(C)C=C(C=CC)N(C(=O)CNCc1ccncc1)C(C(=O)NC1CCCCC1)c1ccccc1C. The molecule has 1 aromatic carbocycles. The number of carbonyl (C=O) groups is 2. The molecule has 1 aliphatic carbocycles. The monoisotopic (exact) mass is 500 g/mol. The van der Waals surface area contributed by atoms with Crippen LogP contribution in [0.4, 0.5) is 0 Å². The highest BCUT2D eigenvalue weighted by atomic mass is 16.2. The van der Waals surface area contributed by atoms with E-state index in [-0.39, 0.29) is 24.4 Å². The van der Waals surface area contributed by atoms with Gasteiger partial charge < -0.3 is 10.6 Å². The van der Waals surface area contributed by atoms with Gasteiger partial charge in [0.25, 0.3) is 0 Å². The number of hydrogen-bond acceptors (Lipinski definition) is 4. The summed E-state index contributed by atoms with van der Waals surface area (Å²) >= 11 is 0. The van der Waals surface area contributed by atoms with Crippen molar-refractivity contribution in [2.75, 3.05) is 6.54 Å². The molecular formula is C31H40N4O2. The summed E-state index contributed by atoms with van der Waals surface area (Å²) in [5, 5.41) is 6.53. The van der Waals surface area contributed by atoms with Gasteiger partial charge in [0.1, 0.15) is 6.04 Å². The average Bonchev–Trinajstić information content (AvgIpc) is 2.88. The van der Waals surface area contributed by atoms with E-state index in [4.69, 9.17) is 0 Å². The predicted molar refractivity (Wildman–Crippen MR) is 149 cm³/mol. The first-order valence-corrected chi connectivity index (χ1v) is 13.2. The molecule has 196 valence electrons. The van der Waals surface area contributed by atoms with Crippen LogP contribution in [0.25, 0.3) is 0 Å². The van der Waals surface area contributed by atoms with Gasteiger partial charge in [0.2, 0.25) is 11.8 Å². The first-order chi connectivity index (χ1) is 17.9. The van der Waals surface area contributed by atoms with Gasteiger partial charge in [-0.25, -0.2) is 0 Å². The van der Waals surface area contributed by atoms with E-state index < -0.39 is 6.04 Å². The summed E-state index contributed by atoms with van der Waals surface area (Å²) in [6.07, 6.45) is 14.4. The second-order valence-corrected chi connectivity index (χ2v) is 9.74. The maximum Gasteiger partial charge on any atom is 0.248 e. The Hall–Kier alpha value is -3.51. The minimum Gasteiger partial charge on any atom is -0.351 e. The highest BCUT2D eigenvalue weighted by Crippen LogP contribution is 2.30. The van der Waals surface area contributed by atoms with Crippen molar-refractivity contribution < 1.29 is 9.59 Å². The minimum absolute atomic E-state index is 0.0759. The highest BCUT2D eigenvalue weighted by Gasteiger charge is 2.35. The summed E-state index contributed by atoms with van der Waals surface area (Å²) in [6.45, 7) is 10.4. The third kappa shape index (κ3) is 8.25. The van der Waals surface area contributed by atoms with Crippen molar-refractivity contribution in [3.05, 3.63) is 102 Å². The number of nitrogens with one attached hydrogen (secondary N) is 2. The van der Waals surface area contributed by atoms with E-state index in [1.54, 1.807) is 17.3 Å². The number of benzene rings is 1. The zero-order valence-corrected chi connectivity index (χ0v) is 22.4. The van der Waals surface area contributed by atoms with E-state index in [9.17, 15) is 9.59 Å². The highest BCUT2D eigenvalue weighted by molar-refractivity contribution is 5.91. The van der Waals surface area contributed by atoms with Crippen LogP contribution in [0.3, 0.4) is 0 Å². The Morgan fingerprint density at radius 1 is 1.14 bits per heavy atom. The lowest BCUT2D eigenvalue weighted by Crippen LogP contribution is -2.48. The van der Waals surface area contributed by atoms with Gasteiger partial charge in [-0.15, -0.1) is 0 Å². The summed E-state index contributed by atoms with van der Waals surface area (Å²) in [5.41, 5.74) is 4.25. The number of allylic oxidation sites excluding steroid dienone is 4. The molecule has 0 bridgehead atoms. The van der Waals surface area contributed by atoms with E-state index in [1.165, 1.54) is 6.42 Å². The Bertz CT molecular complexity index is 1120. The van der Waals surface area contributed by atoms with Crippen molar-refractivity contribution in [2.45, 2.75) is 71.5 Å². The zero-order chi connectivity index (χ0) is 26.6. The number of nitrogens with zero attached hydrogens (tertiary/aromatic N) is 2. The molecule has 1 unspecified atom stereocenters. The molecule has 1 atom stereocenters. The first kappa shape index (κ1) is 28.1. The Morgan fingerprint density at radius 3 is 2.49 bits per heavy atom. The molecule has 0 aliphatic heterocycles. The summed E-state index contributed by atoms with van der Waals surface area (Å²) in [6, 6.07) is 11.0. The summed E-state index contributed by atoms with van der Waals surface area (Å²) < 4.78 is 0. The van der Waals surface area contributed by atoms with Crippen LogP contribution in [-0.4, -0.2) is 34.3 Å². The Balaban J connectivity index is 1.99. The van der Waals surface area contributed by atoms with Gasteiger partial charge in [-0.1, -0.05) is 61.8 Å². The number of pyridine rings is 1. The van der Waals surface area contributed by atoms with Crippen LogP contribution in [0.1, 0.15) is 68.7 Å². The van der Waals surface area contributed by atoms with Gasteiger partial charge in [-0.05, 0) is 74.6 Å². The molecule has 2 aromatic rings. The largest absolute Gasteiger partial charge is 0.351 e. The maximum atomic E-state index is 14.0. The fraction of sp³-hybridized carbons (Fsp3) is 0.387. The Labute approximate surface area is 221 Å². The topological polar surface area (TPSA) is 74.3 Å². The summed E-state index contributed by atoms with van der Waals surface area (Å²) in [5.74, 6) is -0.340. The molecule has 2 N–H and O–H groups in total. The molecule has 0 spiro atoms. The lowest BCUT2D eigenvalue weighted by Gasteiger charge is -2.35. The van der Waals surface area contributed by atoms with Crippen molar-refractivity contribution in [3.8, 4) is 0 Å². The second kappa shape index (κ2) is 14.3. The van der Waals surface area contributed by atoms with Crippen molar-refractivity contribution in [1.29, 1.82) is 0 Å². The van der Waals surface area contributed by atoms with Crippen LogP contribution in [0.2, 0.25) is 0 Å². The summed E-state index contributed by atoms with van der Waals surface area (Å²) in [4.78, 5) is 33.6. The third-order valence-electron chi connectivity index (χ3n) is 6.57. The molecule has 0 saturated heterocycles. The zero-order valence-electron chi connectivity index (χ0n) is 22.4. The summed E-state index contributed by atoms with van der Waals surface area (Å²) in [7, 11) is 0. The van der Waals surface area contributed by atoms with Crippen molar-refractivity contribution in [3.63, 3.8) is 0 Å². The van der Waals surface area contributed by atoms with E-state index in [0.717, 1.165) is 47.9 Å². The Kier molecular flexibility index (Phi) is 10.8. The van der Waals surface area contributed by atoms with Gasteiger partial charge in [0.05, 0.1) is 6.54 Å². The molecule has 6 nitrogen and oxygen atoms in total. The van der Waals surface area contributed by atoms with Gasteiger partial charge in [0, 0.05) is 30.7 Å². The molecule has 0 radical (unpaired) electrons. The van der Waals surface area contributed by atoms with Crippen molar-refractivity contribution in [2.24, 2.45) is 0 Å². The number of carbonyl (C=O) groups excluding carboxylic acids is 2. The lowest BCUT2D eigenvalue weighted by molar-refractivity contribution is -0.138. The number of aryl methyl sites for hydroxylation is 1. The molecule has 1 saturated carbocycles. The minimum atomic E-state index is -0.805. The molecule has 37 heavy (non-hydrogen) atoms. The number of aromatic nitrogens is 1. The normalized spacial score (nSPS) is 15.4. The maximum absolute atomic E-state index is 14.0. The van der Waals surface area contributed by atoms with Crippen LogP contribution in [0.5, 0.6) is 0 Å². The number of hydrogen-bond donors (Lipinski definition) is 2. The van der Waals surface area contributed by atoms with Crippen LogP contribution in [0.15, 0.2) is 84.9 Å². The van der Waals surface area contributed by atoms with Crippen molar-refractivity contribution >= 4 is 11.8 Å². The smallest absolute Gasteiger partial charge is 0.248 e. The molecule has 2 amide bonds. The molecule has 1 aromatic heterocycles. The van der Waals surface area contributed by atoms with Gasteiger partial charge in [0.15, 0.2) is 0 Å². The molecular weight excluding hydrogens is 460 g/mol. The predicted octanol–water partition coefficient (Wildman–Crippen LogP) is 5.53. The van der Waals surface area contributed by atoms with Crippen LogP contribution in [0, 0.1) is 6.92 Å². The molecule has 1 fully saturated rings. The van der Waals surface area contributed by atoms with E-state index >= 15 is 0 Å². The number of amides is 2. The quantitative estimate of drug-likeness (QED) is 0.398. The standard InChI is InChI=1S/C31H40N4O2/c1-5-11-27(20-23(2)3)35(29(36)22-33-21-25-16-18-32-19-17-25)30(28-15-10-9-12-24(28)4)31(37)34-26-13-7-6-8-14-26/h5,9-12,15-20,26,30,33H,2,6-8,13-14,21-22H2,1,3-4H3,(H,34,37). The fourth-order valence-electron chi connectivity index (χ4n) is 4.78. The third-order valence-corrected chi connectivity index (χ3v) is 6.57. The molecule has 3 rings (SSSR count). The fourth-order valence-corrected chi connectivity index (χ4v) is 4.78. The average molecular weight is 501 g/mol. The van der Waals surface area contributed by atoms with Gasteiger partial charge >= 0.3 is 0 Å². The van der Waals surface area contributed by atoms with E-state index in [2.05, 4.69) is 22.2 Å². The van der Waals surface area contributed by atoms with E-state index in [0.29, 0.717) is 12.2 Å². The molecule has 6 heteroatoms. The first-order valence-electron chi connectivity index (χ1n) is 13.2. The van der Waals surface area contributed by atoms with Crippen molar-refractivity contribution in [1.82, 2.24) is 20.5 Å². The Morgan fingerprint density at radius 2 is 1.84 bits per heavy atom. The second-order valence-electron chi connectivity index (χ2n) is 9.74. The van der Waals surface area contributed by atoms with Crippen LogP contribution < -0.4 is 10.6 Å². The number of rotatable bonds is 11. The molecule has 1 heterocycles.